The molecule has 1 N–H and O–H groups in total. The zero-order valence-corrected chi connectivity index (χ0v) is 18.7. The molecule has 2 atom stereocenters. The van der Waals surface area contributed by atoms with Crippen molar-refractivity contribution in [3.05, 3.63) is 35.5 Å². The summed E-state index contributed by atoms with van der Waals surface area (Å²) in [4.78, 5) is 14.1. The molecule has 0 radical (unpaired) electrons. The van der Waals surface area contributed by atoms with E-state index in [1.807, 2.05) is 43.9 Å². The Labute approximate surface area is 177 Å². The number of hydrogen-bond donors (Lipinski definition) is 1. The highest BCUT2D eigenvalue weighted by molar-refractivity contribution is 5.92. The Balaban J connectivity index is 2.34. The number of nitrogens with zero attached hydrogens (tertiary/aromatic N) is 1. The van der Waals surface area contributed by atoms with E-state index in [4.69, 9.17) is 4.74 Å². The summed E-state index contributed by atoms with van der Waals surface area (Å²) in [5.74, 6) is 6.28. The molecule has 4 heteroatoms. The first-order valence-corrected chi connectivity index (χ1v) is 11.0. The molecule has 0 aliphatic carbocycles. The third kappa shape index (κ3) is 10.5. The van der Waals surface area contributed by atoms with Gasteiger partial charge in [0.25, 0.3) is 0 Å². The van der Waals surface area contributed by atoms with Crippen LogP contribution in [0.25, 0.3) is 0 Å². The summed E-state index contributed by atoms with van der Waals surface area (Å²) in [6.45, 7) is 10.7. The van der Waals surface area contributed by atoms with Crippen LogP contribution in [0, 0.1) is 17.8 Å². The zero-order valence-electron chi connectivity index (χ0n) is 18.7. The number of carbonyl (C=O) groups excluding carboxylic acids is 1. The first kappa shape index (κ1) is 25.2. The number of carbonyl (C=O) groups is 1. The monoisotopic (exact) mass is 401 g/mol. The lowest BCUT2D eigenvalue weighted by molar-refractivity contribution is -0.131. The van der Waals surface area contributed by atoms with E-state index in [0.29, 0.717) is 32.7 Å². The molecule has 1 aliphatic rings. The molecule has 1 amide bonds. The molecule has 0 unspecified atom stereocenters. The van der Waals surface area contributed by atoms with Gasteiger partial charge in [-0.2, -0.15) is 0 Å². The topological polar surface area (TPSA) is 49.8 Å². The van der Waals surface area contributed by atoms with Crippen molar-refractivity contribution < 1.29 is 14.6 Å². The van der Waals surface area contributed by atoms with Gasteiger partial charge in [0.1, 0.15) is 0 Å². The van der Waals surface area contributed by atoms with Crippen LogP contribution >= 0.6 is 0 Å². The molecule has 0 saturated carbocycles. The molecule has 1 fully saturated rings. The fourth-order valence-electron chi connectivity index (χ4n) is 3.16. The predicted molar refractivity (Wildman–Crippen MR) is 120 cm³/mol. The minimum atomic E-state index is -0.452. The molecule has 4 nitrogen and oxygen atoms in total. The van der Waals surface area contributed by atoms with Crippen LogP contribution in [0.15, 0.2) is 35.5 Å². The van der Waals surface area contributed by atoms with Gasteiger partial charge in [0.05, 0.1) is 19.3 Å². The lowest BCUT2D eigenvalue weighted by Gasteiger charge is -2.27. The van der Waals surface area contributed by atoms with Crippen LogP contribution in [-0.4, -0.2) is 48.3 Å². The normalized spacial score (nSPS) is 17.8. The largest absolute Gasteiger partial charge is 0.388 e. The first-order chi connectivity index (χ1) is 14.0. The number of unbranched alkanes of at least 4 members (excludes halogenated alkanes) is 4. The van der Waals surface area contributed by atoms with Gasteiger partial charge in [-0.25, -0.2) is 0 Å². The zero-order chi connectivity index (χ0) is 21.5. The maximum Gasteiger partial charge on any atom is 0.249 e. The molecule has 0 bridgehead atoms. The van der Waals surface area contributed by atoms with Gasteiger partial charge in [-0.15, -0.1) is 0 Å². The summed E-state index contributed by atoms with van der Waals surface area (Å²) < 4.78 is 5.28. The molecular formula is C25H39NO3. The number of aliphatic hydroxyl groups is 1. The van der Waals surface area contributed by atoms with Crippen LogP contribution in [-0.2, 0) is 9.53 Å². The Morgan fingerprint density at radius 2 is 1.90 bits per heavy atom. The number of hydrogen-bond acceptors (Lipinski definition) is 3. The van der Waals surface area contributed by atoms with E-state index in [1.54, 1.807) is 0 Å². The van der Waals surface area contributed by atoms with Crippen molar-refractivity contribution in [2.24, 2.45) is 5.92 Å². The summed E-state index contributed by atoms with van der Waals surface area (Å²) >= 11 is 0. The van der Waals surface area contributed by atoms with Crippen molar-refractivity contribution in [2.45, 2.75) is 72.3 Å². The van der Waals surface area contributed by atoms with Crippen LogP contribution in [0.2, 0.25) is 0 Å². The van der Waals surface area contributed by atoms with Crippen LogP contribution in [0.5, 0.6) is 0 Å². The molecule has 0 spiro atoms. The van der Waals surface area contributed by atoms with Crippen LogP contribution in [0.3, 0.4) is 0 Å². The lowest BCUT2D eigenvalue weighted by atomic mass is 9.96. The second-order valence-corrected chi connectivity index (χ2v) is 7.76. The van der Waals surface area contributed by atoms with Crippen LogP contribution < -0.4 is 0 Å². The summed E-state index contributed by atoms with van der Waals surface area (Å²) in [7, 11) is 0. The number of ether oxygens (including phenoxy) is 1. The summed E-state index contributed by atoms with van der Waals surface area (Å²) in [6.07, 6.45) is 13.6. The highest BCUT2D eigenvalue weighted by Gasteiger charge is 2.17. The van der Waals surface area contributed by atoms with Gasteiger partial charge in [-0.3, -0.25) is 4.79 Å². The van der Waals surface area contributed by atoms with Crippen molar-refractivity contribution >= 4 is 5.91 Å². The van der Waals surface area contributed by atoms with Gasteiger partial charge in [0.15, 0.2) is 0 Å². The van der Waals surface area contributed by atoms with Crippen molar-refractivity contribution in [3.8, 4) is 11.8 Å². The van der Waals surface area contributed by atoms with Gasteiger partial charge < -0.3 is 14.7 Å². The lowest BCUT2D eigenvalue weighted by Crippen LogP contribution is -2.41. The molecule has 0 aromatic heterocycles. The van der Waals surface area contributed by atoms with Gasteiger partial charge in [-0.1, -0.05) is 56.8 Å². The number of allylic oxidation sites excluding steroid dienone is 3. The molecule has 29 heavy (non-hydrogen) atoms. The van der Waals surface area contributed by atoms with Gasteiger partial charge in [-0.05, 0) is 44.8 Å². The molecule has 1 saturated heterocycles. The van der Waals surface area contributed by atoms with Gasteiger partial charge in [0.2, 0.25) is 5.91 Å². The maximum atomic E-state index is 12.3. The number of amides is 1. The summed E-state index contributed by atoms with van der Waals surface area (Å²) in [5.41, 5.74) is 1.82. The fourth-order valence-corrected chi connectivity index (χ4v) is 3.16. The second kappa shape index (κ2) is 15.1. The SMILES string of the molecule is CCCCC/C=C(\C)[C@H](O)[C@H](C)/C=C/C#CCC/C=C(\C)C(=O)N1CCOCC1. The Bertz CT molecular complexity index is 630. The number of rotatable bonds is 10. The number of morpholine rings is 1. The van der Waals surface area contributed by atoms with Crippen molar-refractivity contribution in [1.82, 2.24) is 4.90 Å². The predicted octanol–water partition coefficient (Wildman–Crippen LogP) is 4.65. The van der Waals surface area contributed by atoms with E-state index in [9.17, 15) is 9.90 Å². The van der Waals surface area contributed by atoms with Crippen LogP contribution in [0.1, 0.15) is 66.2 Å². The smallest absolute Gasteiger partial charge is 0.249 e. The van der Waals surface area contributed by atoms with Crippen LogP contribution in [0.4, 0.5) is 0 Å². The van der Waals surface area contributed by atoms with E-state index < -0.39 is 6.10 Å². The molecule has 1 aliphatic heterocycles. The van der Waals surface area contributed by atoms with Crippen molar-refractivity contribution in [1.29, 1.82) is 0 Å². The molecule has 1 heterocycles. The standard InChI is InChI=1S/C25H39NO3/c1-5-6-7-11-14-21(2)24(27)22(3)15-12-9-8-10-13-16-23(4)25(28)26-17-19-29-20-18-26/h12,14-16,22,24,27H,5-7,10-11,13,17-20H2,1-4H3/b15-12+,21-14+,23-16+/t22-,24+/m1/s1. The van der Waals surface area contributed by atoms with E-state index in [0.717, 1.165) is 24.0 Å². The first-order valence-electron chi connectivity index (χ1n) is 11.0. The van der Waals surface area contributed by atoms with Crippen molar-refractivity contribution in [2.75, 3.05) is 26.3 Å². The third-order valence-corrected chi connectivity index (χ3v) is 5.18. The number of aliphatic hydroxyl groups excluding tert-OH is 1. The molecule has 1 rings (SSSR count). The summed E-state index contributed by atoms with van der Waals surface area (Å²) in [5, 5.41) is 10.4. The van der Waals surface area contributed by atoms with E-state index in [2.05, 4.69) is 24.8 Å². The minimum Gasteiger partial charge on any atom is -0.388 e. The maximum absolute atomic E-state index is 12.3. The Morgan fingerprint density at radius 1 is 1.17 bits per heavy atom. The quantitative estimate of drug-likeness (QED) is 0.251. The van der Waals surface area contributed by atoms with Gasteiger partial charge >= 0.3 is 0 Å². The molecular weight excluding hydrogens is 362 g/mol. The van der Waals surface area contributed by atoms with E-state index in [1.165, 1.54) is 19.3 Å². The Morgan fingerprint density at radius 3 is 2.59 bits per heavy atom. The van der Waals surface area contributed by atoms with E-state index in [-0.39, 0.29) is 11.8 Å². The Kier molecular flexibility index (Phi) is 13.1. The molecule has 162 valence electrons. The average molecular weight is 402 g/mol. The van der Waals surface area contributed by atoms with Gasteiger partial charge in [0, 0.05) is 31.0 Å². The molecule has 0 aromatic rings. The highest BCUT2D eigenvalue weighted by atomic mass is 16.5. The average Bonchev–Trinajstić information content (AvgIpc) is 2.75. The second-order valence-electron chi connectivity index (χ2n) is 7.76. The third-order valence-electron chi connectivity index (χ3n) is 5.18. The molecule has 0 aromatic carbocycles. The fraction of sp³-hybridized carbons (Fsp3) is 0.640. The van der Waals surface area contributed by atoms with Crippen molar-refractivity contribution in [3.63, 3.8) is 0 Å². The van der Waals surface area contributed by atoms with E-state index >= 15 is 0 Å². The Hall–Kier alpha value is -1.83. The summed E-state index contributed by atoms with van der Waals surface area (Å²) in [6, 6.07) is 0. The minimum absolute atomic E-state index is 0.0417. The highest BCUT2D eigenvalue weighted by Crippen LogP contribution is 2.15.